The van der Waals surface area contributed by atoms with E-state index in [0.717, 1.165) is 11.1 Å². The Kier molecular flexibility index (Phi) is 5.40. The van der Waals surface area contributed by atoms with Gasteiger partial charge in [-0.1, -0.05) is 29.5 Å². The standard InChI is InChI=1S/C16H14ClNO2S/c1-11-5-6-14(12(10-11)4-2-3-8-19)18-16(20)15-13(17)7-9-21-15/h5-7,9-10,19H,3,8H2,1H3,(H,18,20). The van der Waals surface area contributed by atoms with E-state index in [2.05, 4.69) is 17.2 Å². The molecule has 1 aromatic heterocycles. The summed E-state index contributed by atoms with van der Waals surface area (Å²) in [5.74, 6) is 5.58. The number of rotatable bonds is 3. The van der Waals surface area contributed by atoms with Crippen molar-refractivity contribution in [2.45, 2.75) is 13.3 Å². The van der Waals surface area contributed by atoms with Gasteiger partial charge in [0.05, 0.1) is 17.3 Å². The number of aliphatic hydroxyl groups excluding tert-OH is 1. The number of nitrogens with one attached hydrogen (secondary N) is 1. The van der Waals surface area contributed by atoms with Crippen molar-refractivity contribution in [1.29, 1.82) is 0 Å². The number of benzene rings is 1. The normalized spacial score (nSPS) is 9.86. The van der Waals surface area contributed by atoms with Crippen LogP contribution in [-0.4, -0.2) is 17.6 Å². The predicted molar refractivity (Wildman–Crippen MR) is 87.0 cm³/mol. The first kappa shape index (κ1) is 15.6. The van der Waals surface area contributed by atoms with E-state index < -0.39 is 0 Å². The number of carbonyl (C=O) groups is 1. The largest absolute Gasteiger partial charge is 0.395 e. The molecule has 0 aliphatic carbocycles. The van der Waals surface area contributed by atoms with Gasteiger partial charge in [0, 0.05) is 12.0 Å². The first-order valence-corrected chi connectivity index (χ1v) is 7.62. The molecule has 21 heavy (non-hydrogen) atoms. The fourth-order valence-corrected chi connectivity index (χ4v) is 2.76. The van der Waals surface area contributed by atoms with Crippen molar-refractivity contribution in [3.05, 3.63) is 50.7 Å². The fraction of sp³-hybridized carbons (Fsp3) is 0.188. The van der Waals surface area contributed by atoms with Gasteiger partial charge in [0.15, 0.2) is 0 Å². The molecule has 0 radical (unpaired) electrons. The van der Waals surface area contributed by atoms with E-state index in [0.29, 0.717) is 22.0 Å². The zero-order valence-electron chi connectivity index (χ0n) is 11.4. The molecule has 0 aliphatic rings. The quantitative estimate of drug-likeness (QED) is 0.848. The number of hydrogen-bond acceptors (Lipinski definition) is 3. The van der Waals surface area contributed by atoms with Crippen LogP contribution in [0.4, 0.5) is 5.69 Å². The van der Waals surface area contributed by atoms with Gasteiger partial charge in [-0.05, 0) is 36.1 Å². The summed E-state index contributed by atoms with van der Waals surface area (Å²) in [4.78, 5) is 12.7. The van der Waals surface area contributed by atoms with Crippen molar-refractivity contribution >= 4 is 34.5 Å². The second-order valence-corrected chi connectivity index (χ2v) is 5.70. The van der Waals surface area contributed by atoms with Crippen LogP contribution in [0.2, 0.25) is 5.02 Å². The third-order valence-corrected chi connectivity index (χ3v) is 4.05. The first-order chi connectivity index (χ1) is 10.1. The summed E-state index contributed by atoms with van der Waals surface area (Å²) in [5.41, 5.74) is 2.42. The highest BCUT2D eigenvalue weighted by Crippen LogP contribution is 2.24. The molecule has 2 N–H and O–H groups in total. The summed E-state index contributed by atoms with van der Waals surface area (Å²) >= 11 is 7.26. The molecule has 108 valence electrons. The van der Waals surface area contributed by atoms with Crippen LogP contribution in [0.1, 0.15) is 27.2 Å². The van der Waals surface area contributed by atoms with Gasteiger partial charge >= 0.3 is 0 Å². The lowest BCUT2D eigenvalue weighted by Gasteiger charge is -2.08. The van der Waals surface area contributed by atoms with Gasteiger partial charge in [0.2, 0.25) is 0 Å². The Balaban J connectivity index is 2.26. The summed E-state index contributed by atoms with van der Waals surface area (Å²) in [7, 11) is 0. The van der Waals surface area contributed by atoms with Gasteiger partial charge in [-0.25, -0.2) is 0 Å². The summed E-state index contributed by atoms with van der Waals surface area (Å²) in [6.45, 7) is 1.98. The minimum Gasteiger partial charge on any atom is -0.395 e. The molecule has 1 aromatic carbocycles. The van der Waals surface area contributed by atoms with Crippen molar-refractivity contribution in [2.75, 3.05) is 11.9 Å². The van der Waals surface area contributed by atoms with Crippen molar-refractivity contribution in [3.63, 3.8) is 0 Å². The molecule has 2 rings (SSSR count). The van der Waals surface area contributed by atoms with E-state index in [1.54, 1.807) is 11.4 Å². The van der Waals surface area contributed by atoms with Gasteiger partial charge in [-0.2, -0.15) is 0 Å². The lowest BCUT2D eigenvalue weighted by molar-refractivity contribution is 0.103. The zero-order chi connectivity index (χ0) is 15.2. The molecule has 3 nitrogen and oxygen atoms in total. The fourth-order valence-electron chi connectivity index (χ4n) is 1.72. The smallest absolute Gasteiger partial charge is 0.267 e. The molecule has 0 saturated heterocycles. The maximum Gasteiger partial charge on any atom is 0.267 e. The molecule has 2 aromatic rings. The molecule has 1 heterocycles. The number of aliphatic hydroxyl groups is 1. The van der Waals surface area contributed by atoms with E-state index in [1.165, 1.54) is 11.3 Å². The van der Waals surface area contributed by atoms with Crippen molar-refractivity contribution in [1.82, 2.24) is 0 Å². The van der Waals surface area contributed by atoms with Gasteiger partial charge in [0.25, 0.3) is 5.91 Å². The van der Waals surface area contributed by atoms with Gasteiger partial charge in [-0.3, -0.25) is 4.79 Å². The Morgan fingerprint density at radius 1 is 1.43 bits per heavy atom. The Labute approximate surface area is 132 Å². The molecular weight excluding hydrogens is 306 g/mol. The van der Waals surface area contributed by atoms with Gasteiger partial charge in [-0.15, -0.1) is 11.3 Å². The maximum absolute atomic E-state index is 12.2. The molecule has 0 aliphatic heterocycles. The molecule has 0 saturated carbocycles. The average Bonchev–Trinajstić information content (AvgIpc) is 2.88. The predicted octanol–water partition coefficient (Wildman–Crippen LogP) is 3.70. The minimum absolute atomic E-state index is 0.0192. The SMILES string of the molecule is Cc1ccc(NC(=O)c2sccc2Cl)c(C#CCCO)c1. The van der Waals surface area contributed by atoms with Gasteiger partial charge in [0.1, 0.15) is 4.88 Å². The number of halogens is 1. The number of thiophene rings is 1. The van der Waals surface area contributed by atoms with Crippen LogP contribution >= 0.6 is 22.9 Å². The van der Waals surface area contributed by atoms with Gasteiger partial charge < -0.3 is 10.4 Å². The Bertz CT molecular complexity index is 713. The third-order valence-electron chi connectivity index (χ3n) is 2.71. The maximum atomic E-state index is 12.2. The monoisotopic (exact) mass is 319 g/mol. The Morgan fingerprint density at radius 3 is 2.90 bits per heavy atom. The third kappa shape index (κ3) is 4.08. The number of carbonyl (C=O) groups excluding carboxylic acids is 1. The highest BCUT2D eigenvalue weighted by molar-refractivity contribution is 7.12. The molecule has 0 unspecified atom stereocenters. The summed E-state index contributed by atoms with van der Waals surface area (Å²) in [6, 6.07) is 7.31. The highest BCUT2D eigenvalue weighted by Gasteiger charge is 2.13. The van der Waals surface area contributed by atoms with Crippen molar-refractivity contribution in [3.8, 4) is 11.8 Å². The summed E-state index contributed by atoms with van der Waals surface area (Å²) in [6.07, 6.45) is 0.401. The van der Waals surface area contributed by atoms with Crippen molar-refractivity contribution < 1.29 is 9.90 Å². The number of hydrogen-bond donors (Lipinski definition) is 2. The van der Waals surface area contributed by atoms with E-state index in [9.17, 15) is 4.79 Å². The van der Waals surface area contributed by atoms with Crippen molar-refractivity contribution in [2.24, 2.45) is 0 Å². The molecule has 0 atom stereocenters. The van der Waals surface area contributed by atoms with E-state index in [4.69, 9.17) is 16.7 Å². The van der Waals surface area contributed by atoms with Crippen LogP contribution in [-0.2, 0) is 0 Å². The van der Waals surface area contributed by atoms with E-state index >= 15 is 0 Å². The molecule has 0 spiro atoms. The number of amides is 1. The lowest BCUT2D eigenvalue weighted by atomic mass is 10.1. The van der Waals surface area contributed by atoms with Crippen LogP contribution < -0.4 is 5.32 Å². The Hall–Kier alpha value is -1.80. The first-order valence-electron chi connectivity index (χ1n) is 6.36. The van der Waals surface area contributed by atoms with Crippen LogP contribution in [0.15, 0.2) is 29.6 Å². The van der Waals surface area contributed by atoms with Crippen LogP contribution in [0.5, 0.6) is 0 Å². The molecule has 0 fully saturated rings. The minimum atomic E-state index is -0.246. The second-order valence-electron chi connectivity index (χ2n) is 4.38. The topological polar surface area (TPSA) is 49.3 Å². The average molecular weight is 320 g/mol. The van der Waals surface area contributed by atoms with E-state index in [1.807, 2.05) is 25.1 Å². The lowest BCUT2D eigenvalue weighted by Crippen LogP contribution is -2.11. The van der Waals surface area contributed by atoms with E-state index in [-0.39, 0.29) is 12.5 Å². The zero-order valence-corrected chi connectivity index (χ0v) is 13.0. The van der Waals surface area contributed by atoms with Crippen LogP contribution in [0.25, 0.3) is 0 Å². The summed E-state index contributed by atoms with van der Waals surface area (Å²) < 4.78 is 0. The summed E-state index contributed by atoms with van der Waals surface area (Å²) in [5, 5.41) is 13.8. The van der Waals surface area contributed by atoms with Crippen LogP contribution in [0.3, 0.4) is 0 Å². The highest BCUT2D eigenvalue weighted by atomic mass is 35.5. The molecule has 0 bridgehead atoms. The Morgan fingerprint density at radius 2 is 2.24 bits per heavy atom. The van der Waals surface area contributed by atoms with Crippen LogP contribution in [0, 0.1) is 18.8 Å². The molecular formula is C16H14ClNO2S. The molecule has 5 heteroatoms. The second kappa shape index (κ2) is 7.28. The molecule has 1 amide bonds. The number of aryl methyl sites for hydroxylation is 1. The number of anilines is 1.